The minimum Gasteiger partial charge on any atom is -0.469 e. The number of nitrogens with one attached hydrogen (secondary N) is 2. The molecule has 134 valence electrons. The standard InChI is InChI=1S/C18H18N4O3S/c1-12-5-3-4-6-15(12)22-9-8-19-18(22)26-11-16(23)20-21-17(24)14-7-10-25-13(14)2/h3-10H,11H2,1-2H3,(H,20,23)(H,21,24). The molecule has 1 aromatic carbocycles. The summed E-state index contributed by atoms with van der Waals surface area (Å²) in [6.07, 6.45) is 4.97. The number of benzene rings is 1. The molecule has 2 amide bonds. The van der Waals surface area contributed by atoms with E-state index in [4.69, 9.17) is 4.42 Å². The van der Waals surface area contributed by atoms with Crippen molar-refractivity contribution in [2.24, 2.45) is 0 Å². The number of imidazole rings is 1. The lowest BCUT2D eigenvalue weighted by atomic mass is 10.2. The molecule has 2 aromatic heterocycles. The first-order valence-electron chi connectivity index (χ1n) is 7.91. The first-order valence-corrected chi connectivity index (χ1v) is 8.90. The van der Waals surface area contributed by atoms with E-state index in [-0.39, 0.29) is 11.7 Å². The lowest BCUT2D eigenvalue weighted by Crippen LogP contribution is -2.42. The van der Waals surface area contributed by atoms with Crippen LogP contribution in [-0.2, 0) is 4.79 Å². The molecule has 3 aromatic rings. The van der Waals surface area contributed by atoms with Crippen molar-refractivity contribution in [3.8, 4) is 5.69 Å². The third-order valence-electron chi connectivity index (χ3n) is 3.73. The maximum atomic E-state index is 12.0. The molecular formula is C18H18N4O3S. The van der Waals surface area contributed by atoms with Gasteiger partial charge in [0, 0.05) is 12.4 Å². The fourth-order valence-corrected chi connectivity index (χ4v) is 3.16. The number of aryl methyl sites for hydroxylation is 2. The maximum absolute atomic E-state index is 12.0. The Balaban J connectivity index is 1.56. The van der Waals surface area contributed by atoms with Gasteiger partial charge in [-0.15, -0.1) is 0 Å². The van der Waals surface area contributed by atoms with Gasteiger partial charge in [-0.1, -0.05) is 30.0 Å². The molecule has 0 aliphatic rings. The SMILES string of the molecule is Cc1ccccc1-n1ccnc1SCC(=O)NNC(=O)c1ccoc1C. The van der Waals surface area contributed by atoms with Gasteiger partial charge in [-0.2, -0.15) is 0 Å². The van der Waals surface area contributed by atoms with Crippen molar-refractivity contribution in [2.45, 2.75) is 19.0 Å². The summed E-state index contributed by atoms with van der Waals surface area (Å²) in [6, 6.07) is 9.49. The van der Waals surface area contributed by atoms with Crippen LogP contribution < -0.4 is 10.9 Å². The molecule has 0 aliphatic heterocycles. The van der Waals surface area contributed by atoms with Crippen molar-refractivity contribution >= 4 is 23.6 Å². The summed E-state index contributed by atoms with van der Waals surface area (Å²) in [5.74, 6) is -0.140. The fourth-order valence-electron chi connectivity index (χ4n) is 2.39. The minimum absolute atomic E-state index is 0.119. The number of carbonyl (C=O) groups is 2. The molecule has 0 fully saturated rings. The number of hydrazine groups is 1. The van der Waals surface area contributed by atoms with E-state index in [9.17, 15) is 9.59 Å². The molecule has 0 radical (unpaired) electrons. The number of hydrogen-bond acceptors (Lipinski definition) is 5. The summed E-state index contributed by atoms with van der Waals surface area (Å²) in [5.41, 5.74) is 7.27. The molecule has 8 heteroatoms. The largest absolute Gasteiger partial charge is 0.469 e. The number of rotatable bonds is 5. The van der Waals surface area contributed by atoms with E-state index in [0.717, 1.165) is 11.3 Å². The summed E-state index contributed by atoms with van der Waals surface area (Å²) >= 11 is 1.29. The highest BCUT2D eigenvalue weighted by molar-refractivity contribution is 7.99. The molecule has 0 unspecified atom stereocenters. The number of para-hydroxylation sites is 1. The average Bonchev–Trinajstić information content (AvgIpc) is 3.27. The summed E-state index contributed by atoms with van der Waals surface area (Å²) < 4.78 is 7.00. The van der Waals surface area contributed by atoms with Crippen molar-refractivity contribution in [2.75, 3.05) is 5.75 Å². The van der Waals surface area contributed by atoms with Gasteiger partial charge >= 0.3 is 0 Å². The van der Waals surface area contributed by atoms with Crippen LogP contribution in [-0.4, -0.2) is 27.1 Å². The molecule has 3 rings (SSSR count). The van der Waals surface area contributed by atoms with E-state index in [1.165, 1.54) is 18.0 Å². The molecular weight excluding hydrogens is 352 g/mol. The van der Waals surface area contributed by atoms with Gasteiger partial charge < -0.3 is 4.42 Å². The molecule has 2 heterocycles. The molecule has 0 saturated carbocycles. The summed E-state index contributed by atoms with van der Waals surface area (Å²) in [5, 5.41) is 0.700. The topological polar surface area (TPSA) is 89.2 Å². The van der Waals surface area contributed by atoms with Gasteiger partial charge in [0.2, 0.25) is 5.91 Å². The van der Waals surface area contributed by atoms with Gasteiger partial charge in [0.15, 0.2) is 5.16 Å². The Kier molecular flexibility index (Phi) is 5.43. The van der Waals surface area contributed by atoms with Gasteiger partial charge in [-0.25, -0.2) is 4.98 Å². The van der Waals surface area contributed by atoms with Crippen molar-refractivity contribution in [1.82, 2.24) is 20.4 Å². The maximum Gasteiger partial charge on any atom is 0.273 e. The molecule has 0 spiro atoms. The third-order valence-corrected chi connectivity index (χ3v) is 4.70. The van der Waals surface area contributed by atoms with Gasteiger partial charge in [0.05, 0.1) is 23.3 Å². The molecule has 0 aliphatic carbocycles. The van der Waals surface area contributed by atoms with Crippen LogP contribution in [0.4, 0.5) is 0 Å². The van der Waals surface area contributed by atoms with E-state index < -0.39 is 5.91 Å². The van der Waals surface area contributed by atoms with Crippen LogP contribution in [0.2, 0.25) is 0 Å². The van der Waals surface area contributed by atoms with E-state index in [2.05, 4.69) is 15.8 Å². The molecule has 0 atom stereocenters. The first-order chi connectivity index (χ1) is 12.6. The zero-order valence-electron chi connectivity index (χ0n) is 14.4. The lowest BCUT2D eigenvalue weighted by Gasteiger charge is -2.10. The third kappa shape index (κ3) is 3.97. The Bertz CT molecular complexity index is 932. The number of nitrogens with zero attached hydrogens (tertiary/aromatic N) is 2. The summed E-state index contributed by atoms with van der Waals surface area (Å²) in [6.45, 7) is 3.70. The Hall–Kier alpha value is -3.00. The van der Waals surface area contributed by atoms with E-state index in [0.29, 0.717) is 16.5 Å². The highest BCUT2D eigenvalue weighted by Gasteiger charge is 2.13. The number of hydrogen-bond donors (Lipinski definition) is 2. The predicted molar refractivity (Wildman–Crippen MR) is 98.1 cm³/mol. The number of thioether (sulfide) groups is 1. The molecule has 26 heavy (non-hydrogen) atoms. The summed E-state index contributed by atoms with van der Waals surface area (Å²) in [7, 11) is 0. The van der Waals surface area contributed by atoms with Crippen LogP contribution in [0.25, 0.3) is 5.69 Å². The van der Waals surface area contributed by atoms with Gasteiger partial charge in [0.1, 0.15) is 5.76 Å². The van der Waals surface area contributed by atoms with Gasteiger partial charge in [-0.3, -0.25) is 25.0 Å². The second kappa shape index (κ2) is 7.92. The van der Waals surface area contributed by atoms with E-state index in [1.807, 2.05) is 42.0 Å². The zero-order chi connectivity index (χ0) is 18.5. The second-order valence-electron chi connectivity index (χ2n) is 5.55. The van der Waals surface area contributed by atoms with E-state index in [1.54, 1.807) is 19.2 Å². The Morgan fingerprint density at radius 1 is 1.19 bits per heavy atom. The van der Waals surface area contributed by atoms with Crippen molar-refractivity contribution in [3.05, 3.63) is 65.9 Å². The van der Waals surface area contributed by atoms with Crippen LogP contribution in [0.3, 0.4) is 0 Å². The van der Waals surface area contributed by atoms with Crippen LogP contribution >= 0.6 is 11.8 Å². The Morgan fingerprint density at radius 2 is 2.00 bits per heavy atom. The van der Waals surface area contributed by atoms with E-state index >= 15 is 0 Å². The summed E-state index contributed by atoms with van der Waals surface area (Å²) in [4.78, 5) is 28.2. The molecule has 2 N–H and O–H groups in total. The highest BCUT2D eigenvalue weighted by atomic mass is 32.2. The zero-order valence-corrected chi connectivity index (χ0v) is 15.2. The van der Waals surface area contributed by atoms with Crippen molar-refractivity contribution in [1.29, 1.82) is 0 Å². The lowest BCUT2D eigenvalue weighted by molar-refractivity contribution is -0.119. The number of amides is 2. The van der Waals surface area contributed by atoms with Crippen LogP contribution in [0.1, 0.15) is 21.7 Å². The number of furan rings is 1. The Labute approximate surface area is 154 Å². The minimum atomic E-state index is -0.420. The predicted octanol–water partition coefficient (Wildman–Crippen LogP) is 2.64. The van der Waals surface area contributed by atoms with Crippen LogP contribution in [0, 0.1) is 13.8 Å². The monoisotopic (exact) mass is 370 g/mol. The molecule has 0 bridgehead atoms. The Morgan fingerprint density at radius 3 is 2.73 bits per heavy atom. The molecule has 7 nitrogen and oxygen atoms in total. The fraction of sp³-hybridized carbons (Fsp3) is 0.167. The van der Waals surface area contributed by atoms with Crippen LogP contribution in [0.5, 0.6) is 0 Å². The van der Waals surface area contributed by atoms with Gasteiger partial charge in [-0.05, 0) is 31.5 Å². The average molecular weight is 370 g/mol. The van der Waals surface area contributed by atoms with Crippen molar-refractivity contribution < 1.29 is 14.0 Å². The smallest absolute Gasteiger partial charge is 0.273 e. The number of aromatic nitrogens is 2. The molecule has 0 saturated heterocycles. The van der Waals surface area contributed by atoms with Crippen molar-refractivity contribution in [3.63, 3.8) is 0 Å². The second-order valence-corrected chi connectivity index (χ2v) is 6.49. The quantitative estimate of drug-likeness (QED) is 0.532. The van der Waals surface area contributed by atoms with Gasteiger partial charge in [0.25, 0.3) is 5.91 Å². The van der Waals surface area contributed by atoms with Crippen LogP contribution in [0.15, 0.2) is 58.6 Å². The highest BCUT2D eigenvalue weighted by Crippen LogP contribution is 2.22. The number of carbonyl (C=O) groups excluding carboxylic acids is 2. The first kappa shape index (κ1) is 17.8. The normalized spacial score (nSPS) is 10.5.